The molecule has 1 heterocycles. The van der Waals surface area contributed by atoms with Crippen LogP contribution in [-0.2, 0) is 0 Å². The van der Waals surface area contributed by atoms with Gasteiger partial charge in [0.2, 0.25) is 0 Å². The lowest BCUT2D eigenvalue weighted by Crippen LogP contribution is -1.97. The highest BCUT2D eigenvalue weighted by molar-refractivity contribution is 9.10. The van der Waals surface area contributed by atoms with E-state index in [9.17, 15) is 0 Å². The van der Waals surface area contributed by atoms with Gasteiger partial charge in [0.15, 0.2) is 0 Å². The topological polar surface area (TPSA) is 53.1 Å². The fourth-order valence-corrected chi connectivity index (χ4v) is 2.87. The molecule has 0 aliphatic carbocycles. The van der Waals surface area contributed by atoms with Crippen LogP contribution in [0.4, 0.5) is 5.69 Å². The van der Waals surface area contributed by atoms with Crippen molar-refractivity contribution < 1.29 is 4.74 Å². The largest absolute Gasteiger partial charge is 0.496 e. The number of fused-ring (bicyclic) bond motifs is 1. The maximum Gasteiger partial charge on any atom is 0.133 e. The molecule has 2 aromatic carbocycles. The minimum Gasteiger partial charge on any atom is -0.496 e. The van der Waals surface area contributed by atoms with Crippen LogP contribution in [-0.4, -0.2) is 16.7 Å². The van der Waals surface area contributed by atoms with Gasteiger partial charge in [-0.2, -0.15) is 0 Å². The minimum atomic E-state index is 0.720. The van der Waals surface area contributed by atoms with Crippen molar-refractivity contribution in [2.45, 2.75) is 6.92 Å². The first-order valence-electron chi connectivity index (χ1n) is 6.18. The number of imidazole rings is 1. The van der Waals surface area contributed by atoms with Crippen molar-refractivity contribution in [2.24, 2.45) is 0 Å². The molecular weight excluding hydrogens is 318 g/mol. The number of methoxy groups -OCH3 is 1. The predicted molar refractivity (Wildman–Crippen MR) is 84.5 cm³/mol. The predicted octanol–water partition coefficient (Wildman–Crippen LogP) is 3.69. The highest BCUT2D eigenvalue weighted by Crippen LogP contribution is 2.30. The van der Waals surface area contributed by atoms with Crippen LogP contribution in [0.3, 0.4) is 0 Å². The van der Waals surface area contributed by atoms with E-state index in [1.54, 1.807) is 7.11 Å². The molecule has 102 valence electrons. The quantitative estimate of drug-likeness (QED) is 0.728. The van der Waals surface area contributed by atoms with Crippen LogP contribution in [0.2, 0.25) is 0 Å². The van der Waals surface area contributed by atoms with Gasteiger partial charge < -0.3 is 10.5 Å². The van der Waals surface area contributed by atoms with Crippen molar-refractivity contribution in [2.75, 3.05) is 12.8 Å². The summed E-state index contributed by atoms with van der Waals surface area (Å²) in [4.78, 5) is 4.56. The molecule has 0 fully saturated rings. The lowest BCUT2D eigenvalue weighted by atomic mass is 10.2. The van der Waals surface area contributed by atoms with Gasteiger partial charge in [-0.15, -0.1) is 0 Å². The number of aromatic nitrogens is 2. The van der Waals surface area contributed by atoms with Gasteiger partial charge in [-0.1, -0.05) is 0 Å². The zero-order valence-corrected chi connectivity index (χ0v) is 12.8. The Hall–Kier alpha value is -2.01. The van der Waals surface area contributed by atoms with Crippen molar-refractivity contribution in [3.05, 3.63) is 46.7 Å². The van der Waals surface area contributed by atoms with E-state index in [-0.39, 0.29) is 0 Å². The minimum absolute atomic E-state index is 0.720. The van der Waals surface area contributed by atoms with Crippen LogP contribution in [0.25, 0.3) is 16.7 Å². The van der Waals surface area contributed by atoms with Crippen molar-refractivity contribution in [1.82, 2.24) is 9.55 Å². The van der Waals surface area contributed by atoms with Gasteiger partial charge in [0.05, 0.1) is 22.6 Å². The summed E-state index contributed by atoms with van der Waals surface area (Å²) in [6, 6.07) is 11.7. The number of nitrogen functional groups attached to an aromatic ring is 1. The average molecular weight is 332 g/mol. The van der Waals surface area contributed by atoms with Crippen molar-refractivity contribution in [3.63, 3.8) is 0 Å². The maximum absolute atomic E-state index is 5.81. The molecule has 1 aromatic heterocycles. The molecule has 0 aliphatic heterocycles. The van der Waals surface area contributed by atoms with Crippen LogP contribution in [0.15, 0.2) is 40.9 Å². The molecule has 4 nitrogen and oxygen atoms in total. The Bertz CT molecular complexity index is 795. The molecule has 0 atom stereocenters. The molecule has 0 saturated carbocycles. The third-order valence-corrected chi connectivity index (χ3v) is 3.86. The van der Waals surface area contributed by atoms with E-state index in [1.807, 2.05) is 43.3 Å². The summed E-state index contributed by atoms with van der Waals surface area (Å²) < 4.78 is 8.27. The highest BCUT2D eigenvalue weighted by Gasteiger charge is 2.11. The number of anilines is 1. The number of hydrogen-bond acceptors (Lipinski definition) is 3. The summed E-state index contributed by atoms with van der Waals surface area (Å²) in [5.74, 6) is 1.72. The number of nitrogens with two attached hydrogens (primary N) is 1. The highest BCUT2D eigenvalue weighted by atomic mass is 79.9. The number of hydrogen-bond donors (Lipinski definition) is 1. The van der Waals surface area contributed by atoms with Crippen LogP contribution in [0, 0.1) is 6.92 Å². The second kappa shape index (κ2) is 4.83. The molecule has 3 aromatic rings. The van der Waals surface area contributed by atoms with Gasteiger partial charge in [0, 0.05) is 11.4 Å². The molecule has 2 N–H and O–H groups in total. The number of nitrogens with zero attached hydrogens (tertiary/aromatic N) is 2. The van der Waals surface area contributed by atoms with E-state index >= 15 is 0 Å². The number of benzene rings is 2. The summed E-state index contributed by atoms with van der Waals surface area (Å²) in [6.45, 7) is 1.98. The van der Waals surface area contributed by atoms with Crippen molar-refractivity contribution >= 4 is 32.7 Å². The molecule has 0 unspecified atom stereocenters. The Kier molecular flexibility index (Phi) is 3.14. The Morgan fingerprint density at radius 3 is 2.70 bits per heavy atom. The fourth-order valence-electron chi connectivity index (χ4n) is 2.34. The molecule has 0 amide bonds. The smallest absolute Gasteiger partial charge is 0.133 e. The second-order valence-electron chi connectivity index (χ2n) is 4.56. The van der Waals surface area contributed by atoms with Gasteiger partial charge in [0.1, 0.15) is 11.6 Å². The van der Waals surface area contributed by atoms with Crippen LogP contribution in [0.1, 0.15) is 5.82 Å². The molecular formula is C15H14BrN3O. The SMILES string of the molecule is COc1ccc(-n2c(C)nc3cc(N)ccc32)cc1Br. The van der Waals surface area contributed by atoms with E-state index in [1.165, 1.54) is 0 Å². The lowest BCUT2D eigenvalue weighted by Gasteiger charge is -2.10. The zero-order valence-electron chi connectivity index (χ0n) is 11.2. The van der Waals surface area contributed by atoms with Gasteiger partial charge in [0.25, 0.3) is 0 Å². The van der Waals surface area contributed by atoms with Crippen LogP contribution in [0.5, 0.6) is 5.75 Å². The molecule has 0 saturated heterocycles. The molecule has 0 radical (unpaired) electrons. The van der Waals surface area contributed by atoms with Crippen molar-refractivity contribution in [3.8, 4) is 11.4 Å². The second-order valence-corrected chi connectivity index (χ2v) is 5.42. The van der Waals surface area contributed by atoms with Crippen molar-refractivity contribution in [1.29, 1.82) is 0 Å². The summed E-state index contributed by atoms with van der Waals surface area (Å²) in [5, 5.41) is 0. The molecule has 20 heavy (non-hydrogen) atoms. The molecule has 3 rings (SSSR count). The van der Waals surface area contributed by atoms with E-state index in [2.05, 4.69) is 25.5 Å². The third kappa shape index (κ3) is 2.04. The first-order valence-corrected chi connectivity index (χ1v) is 6.98. The lowest BCUT2D eigenvalue weighted by molar-refractivity contribution is 0.412. The summed E-state index contributed by atoms with van der Waals surface area (Å²) >= 11 is 3.51. The van der Waals surface area contributed by atoms with Gasteiger partial charge in [-0.3, -0.25) is 4.57 Å². The molecule has 0 spiro atoms. The van der Waals surface area contributed by atoms with Crippen LogP contribution < -0.4 is 10.5 Å². The summed E-state index contributed by atoms with van der Waals surface area (Å²) in [6.07, 6.45) is 0. The molecule has 0 bridgehead atoms. The Balaban J connectivity index is 2.23. The van der Waals surface area contributed by atoms with E-state index in [0.29, 0.717) is 0 Å². The van der Waals surface area contributed by atoms with Gasteiger partial charge in [-0.05, 0) is 59.3 Å². The Morgan fingerprint density at radius 1 is 1.20 bits per heavy atom. The number of halogens is 1. The first-order chi connectivity index (χ1) is 9.60. The summed E-state index contributed by atoms with van der Waals surface area (Å²) in [7, 11) is 1.65. The number of rotatable bonds is 2. The zero-order chi connectivity index (χ0) is 14.3. The number of ether oxygens (including phenoxy) is 1. The number of aryl methyl sites for hydroxylation is 1. The molecule has 5 heteroatoms. The summed E-state index contributed by atoms with van der Waals surface area (Å²) in [5.41, 5.74) is 9.49. The van der Waals surface area contributed by atoms with Gasteiger partial charge in [-0.25, -0.2) is 4.98 Å². The Labute approximate surface area is 125 Å². The maximum atomic E-state index is 5.81. The van der Waals surface area contributed by atoms with Gasteiger partial charge >= 0.3 is 0 Å². The Morgan fingerprint density at radius 2 is 2.00 bits per heavy atom. The monoisotopic (exact) mass is 331 g/mol. The van der Waals surface area contributed by atoms with Crippen LogP contribution >= 0.6 is 15.9 Å². The first kappa shape index (κ1) is 13.0. The average Bonchev–Trinajstić information content (AvgIpc) is 2.73. The molecule has 0 aliphatic rings. The van der Waals surface area contributed by atoms with E-state index < -0.39 is 0 Å². The normalized spacial score (nSPS) is 10.9. The standard InChI is InChI=1S/C15H14BrN3O/c1-9-18-13-7-10(17)3-5-14(13)19(9)11-4-6-15(20-2)12(16)8-11/h3-8H,17H2,1-2H3. The third-order valence-electron chi connectivity index (χ3n) is 3.24. The van der Waals surface area contributed by atoms with E-state index in [4.69, 9.17) is 10.5 Å². The van der Waals surface area contributed by atoms with E-state index in [0.717, 1.165) is 38.5 Å². The fraction of sp³-hybridized carbons (Fsp3) is 0.133.